The molecule has 0 radical (unpaired) electrons. The summed E-state index contributed by atoms with van der Waals surface area (Å²) in [6.07, 6.45) is 1.39. The second-order valence-corrected chi connectivity index (χ2v) is 7.09. The number of carbonyl (C=O) groups excluding carboxylic acids is 3. The number of benzene rings is 2. The van der Waals surface area contributed by atoms with Crippen molar-refractivity contribution in [3.63, 3.8) is 0 Å². The van der Waals surface area contributed by atoms with Crippen molar-refractivity contribution in [2.45, 2.75) is 19.4 Å². The Morgan fingerprint density at radius 1 is 1.18 bits per heavy atom. The number of likely N-dealkylation sites (N-methyl/N-ethyl adjacent to an activating group) is 1. The summed E-state index contributed by atoms with van der Waals surface area (Å²) in [6, 6.07) is 13.9. The summed E-state index contributed by atoms with van der Waals surface area (Å²) in [5.41, 5.74) is 1.98. The van der Waals surface area contributed by atoms with Crippen molar-refractivity contribution in [2.75, 3.05) is 25.1 Å². The highest BCUT2D eigenvalue weighted by Gasteiger charge is 2.22. The van der Waals surface area contributed by atoms with E-state index in [1.807, 2.05) is 12.1 Å². The van der Waals surface area contributed by atoms with Crippen molar-refractivity contribution in [2.24, 2.45) is 0 Å². The summed E-state index contributed by atoms with van der Waals surface area (Å²) in [4.78, 5) is 39.3. The molecule has 7 heteroatoms. The maximum atomic E-state index is 12.2. The van der Waals surface area contributed by atoms with Gasteiger partial charge < -0.3 is 14.5 Å². The molecule has 0 aromatic heterocycles. The third-order valence-electron chi connectivity index (χ3n) is 4.55. The van der Waals surface area contributed by atoms with E-state index in [4.69, 9.17) is 16.3 Å². The SMILES string of the molecule is CN(Cc1cccc(Cl)c1)C(=O)COC(=O)c1ccc(N2CCCC2=O)cc1. The predicted octanol–water partition coefficient (Wildman–Crippen LogP) is 3.28. The van der Waals surface area contributed by atoms with E-state index in [1.165, 1.54) is 4.90 Å². The molecule has 2 aromatic rings. The average Bonchev–Trinajstić information content (AvgIpc) is 3.12. The summed E-state index contributed by atoms with van der Waals surface area (Å²) in [5, 5.41) is 0.601. The van der Waals surface area contributed by atoms with E-state index < -0.39 is 5.97 Å². The number of halogens is 1. The van der Waals surface area contributed by atoms with Gasteiger partial charge in [0.25, 0.3) is 5.91 Å². The molecule has 0 bridgehead atoms. The smallest absolute Gasteiger partial charge is 0.338 e. The number of anilines is 1. The van der Waals surface area contributed by atoms with Gasteiger partial charge in [-0.15, -0.1) is 0 Å². The summed E-state index contributed by atoms with van der Waals surface area (Å²) in [7, 11) is 1.64. The Labute approximate surface area is 168 Å². The van der Waals surface area contributed by atoms with Gasteiger partial charge in [0.1, 0.15) is 0 Å². The van der Waals surface area contributed by atoms with E-state index in [-0.39, 0.29) is 18.4 Å². The van der Waals surface area contributed by atoms with Gasteiger partial charge >= 0.3 is 5.97 Å². The maximum absolute atomic E-state index is 12.2. The van der Waals surface area contributed by atoms with Crippen LogP contribution in [0.3, 0.4) is 0 Å². The van der Waals surface area contributed by atoms with Gasteiger partial charge in [-0.25, -0.2) is 4.79 Å². The van der Waals surface area contributed by atoms with Gasteiger partial charge in [0.05, 0.1) is 5.56 Å². The fraction of sp³-hybridized carbons (Fsp3) is 0.286. The zero-order valence-corrected chi connectivity index (χ0v) is 16.3. The minimum absolute atomic E-state index is 0.0867. The highest BCUT2D eigenvalue weighted by Crippen LogP contribution is 2.21. The molecule has 1 saturated heterocycles. The number of ether oxygens (including phenoxy) is 1. The summed E-state index contributed by atoms with van der Waals surface area (Å²) < 4.78 is 5.12. The van der Waals surface area contributed by atoms with Gasteiger partial charge in [0, 0.05) is 37.3 Å². The highest BCUT2D eigenvalue weighted by atomic mass is 35.5. The van der Waals surface area contributed by atoms with Gasteiger partial charge in [-0.05, 0) is 48.4 Å². The molecule has 3 rings (SSSR count). The Morgan fingerprint density at radius 2 is 1.93 bits per heavy atom. The minimum atomic E-state index is -0.580. The van der Waals surface area contributed by atoms with Crippen LogP contribution in [0.4, 0.5) is 5.69 Å². The van der Waals surface area contributed by atoms with Crippen molar-refractivity contribution < 1.29 is 19.1 Å². The first-order valence-electron chi connectivity index (χ1n) is 9.00. The van der Waals surface area contributed by atoms with Crippen molar-refractivity contribution in [1.29, 1.82) is 0 Å². The van der Waals surface area contributed by atoms with Crippen molar-refractivity contribution in [3.05, 3.63) is 64.7 Å². The molecule has 0 N–H and O–H groups in total. The molecular weight excluding hydrogens is 380 g/mol. The number of hydrogen-bond donors (Lipinski definition) is 0. The van der Waals surface area contributed by atoms with Crippen LogP contribution < -0.4 is 4.90 Å². The van der Waals surface area contributed by atoms with Crippen LogP contribution in [0.15, 0.2) is 48.5 Å². The molecule has 0 spiro atoms. The van der Waals surface area contributed by atoms with E-state index in [1.54, 1.807) is 48.3 Å². The van der Waals surface area contributed by atoms with Crippen LogP contribution in [0.25, 0.3) is 0 Å². The summed E-state index contributed by atoms with van der Waals surface area (Å²) in [6.45, 7) is 0.716. The van der Waals surface area contributed by atoms with E-state index in [0.717, 1.165) is 17.7 Å². The Kier molecular flexibility index (Phi) is 6.31. The number of nitrogens with zero attached hydrogens (tertiary/aromatic N) is 2. The third kappa shape index (κ3) is 4.89. The van der Waals surface area contributed by atoms with E-state index >= 15 is 0 Å². The van der Waals surface area contributed by atoms with E-state index in [9.17, 15) is 14.4 Å². The minimum Gasteiger partial charge on any atom is -0.452 e. The second kappa shape index (κ2) is 8.89. The van der Waals surface area contributed by atoms with E-state index in [0.29, 0.717) is 30.1 Å². The number of esters is 1. The molecule has 1 heterocycles. The van der Waals surface area contributed by atoms with Gasteiger partial charge in [0.2, 0.25) is 5.91 Å². The molecule has 146 valence electrons. The molecule has 2 aromatic carbocycles. The molecule has 1 fully saturated rings. The normalized spacial score (nSPS) is 13.5. The van der Waals surface area contributed by atoms with Crippen LogP contribution in [0, 0.1) is 0 Å². The second-order valence-electron chi connectivity index (χ2n) is 6.65. The first-order valence-corrected chi connectivity index (χ1v) is 9.38. The standard InChI is InChI=1S/C21H21ClN2O4/c1-23(13-15-4-2-5-17(22)12-15)20(26)14-28-21(27)16-7-9-18(10-8-16)24-11-3-6-19(24)25/h2,4-5,7-10,12H,3,6,11,13-14H2,1H3. The predicted molar refractivity (Wildman–Crippen MR) is 106 cm³/mol. The van der Waals surface area contributed by atoms with E-state index in [2.05, 4.69) is 0 Å². The lowest BCUT2D eigenvalue weighted by molar-refractivity contribution is -0.133. The Morgan fingerprint density at radius 3 is 2.57 bits per heavy atom. The first-order chi connectivity index (χ1) is 13.4. The maximum Gasteiger partial charge on any atom is 0.338 e. The molecule has 0 aliphatic carbocycles. The fourth-order valence-electron chi connectivity index (χ4n) is 3.02. The summed E-state index contributed by atoms with van der Waals surface area (Å²) in [5.74, 6) is -0.805. The Hall–Kier alpha value is -2.86. The van der Waals surface area contributed by atoms with Crippen LogP contribution in [0.1, 0.15) is 28.8 Å². The van der Waals surface area contributed by atoms with Crippen LogP contribution in [-0.4, -0.2) is 42.9 Å². The number of rotatable bonds is 6. The zero-order chi connectivity index (χ0) is 20.1. The monoisotopic (exact) mass is 400 g/mol. The first kappa shape index (κ1) is 19.9. The lowest BCUT2D eigenvalue weighted by Crippen LogP contribution is -2.30. The van der Waals surface area contributed by atoms with Gasteiger partial charge in [0.15, 0.2) is 6.61 Å². The molecule has 1 aliphatic heterocycles. The zero-order valence-electron chi connectivity index (χ0n) is 15.6. The highest BCUT2D eigenvalue weighted by molar-refractivity contribution is 6.30. The Bertz CT molecular complexity index is 882. The molecule has 2 amide bonds. The average molecular weight is 401 g/mol. The van der Waals surface area contributed by atoms with Gasteiger partial charge in [-0.3, -0.25) is 9.59 Å². The quantitative estimate of drug-likeness (QED) is 0.698. The van der Waals surface area contributed by atoms with Crippen LogP contribution >= 0.6 is 11.6 Å². The molecule has 0 atom stereocenters. The number of hydrogen-bond acceptors (Lipinski definition) is 4. The fourth-order valence-corrected chi connectivity index (χ4v) is 3.23. The molecule has 28 heavy (non-hydrogen) atoms. The largest absolute Gasteiger partial charge is 0.452 e. The number of carbonyl (C=O) groups is 3. The topological polar surface area (TPSA) is 66.9 Å². The van der Waals surface area contributed by atoms with Crippen molar-refractivity contribution >= 4 is 35.1 Å². The Balaban J connectivity index is 1.51. The van der Waals surface area contributed by atoms with Gasteiger partial charge in [-0.2, -0.15) is 0 Å². The molecule has 0 saturated carbocycles. The lowest BCUT2D eigenvalue weighted by Gasteiger charge is -2.18. The summed E-state index contributed by atoms with van der Waals surface area (Å²) >= 11 is 5.94. The lowest BCUT2D eigenvalue weighted by atomic mass is 10.2. The van der Waals surface area contributed by atoms with Crippen LogP contribution in [-0.2, 0) is 20.9 Å². The van der Waals surface area contributed by atoms with Crippen LogP contribution in [0.5, 0.6) is 0 Å². The molecule has 1 aliphatic rings. The van der Waals surface area contributed by atoms with Crippen LogP contribution in [0.2, 0.25) is 5.02 Å². The van der Waals surface area contributed by atoms with Crippen molar-refractivity contribution in [3.8, 4) is 0 Å². The molecular formula is C21H21ClN2O4. The number of amides is 2. The third-order valence-corrected chi connectivity index (χ3v) is 4.78. The molecule has 0 unspecified atom stereocenters. The molecule has 6 nitrogen and oxygen atoms in total. The van der Waals surface area contributed by atoms with Crippen molar-refractivity contribution in [1.82, 2.24) is 4.90 Å². The van der Waals surface area contributed by atoms with Gasteiger partial charge in [-0.1, -0.05) is 23.7 Å².